The average molecular weight is 253 g/mol. The number of nitrogens with two attached hydrogens (primary N) is 1. The number of piperidine rings is 1. The van der Waals surface area contributed by atoms with Crippen molar-refractivity contribution in [2.75, 3.05) is 32.2 Å². The van der Waals surface area contributed by atoms with Gasteiger partial charge in [-0.3, -0.25) is 0 Å². The highest BCUT2D eigenvalue weighted by Crippen LogP contribution is 2.23. The predicted octanol–water partition coefficient (Wildman–Crippen LogP) is 0.206. The molecule has 1 aliphatic rings. The minimum Gasteiger partial charge on any atom is -0.467 e. The van der Waals surface area contributed by atoms with Crippen LogP contribution in [0.3, 0.4) is 0 Å². The third kappa shape index (κ3) is 2.61. The Kier molecular flexibility index (Phi) is 4.14. The van der Waals surface area contributed by atoms with Gasteiger partial charge in [0.1, 0.15) is 0 Å². The number of ether oxygens (including phenoxy) is 2. The lowest BCUT2D eigenvalue weighted by atomic mass is 10.0. The van der Waals surface area contributed by atoms with Crippen molar-refractivity contribution in [3.8, 4) is 12.0 Å². The van der Waals surface area contributed by atoms with Gasteiger partial charge in [0.25, 0.3) is 0 Å². The van der Waals surface area contributed by atoms with Gasteiger partial charge in [-0.25, -0.2) is 0 Å². The van der Waals surface area contributed by atoms with Gasteiger partial charge in [0.2, 0.25) is 5.95 Å². The minimum absolute atomic E-state index is 0.262. The van der Waals surface area contributed by atoms with Gasteiger partial charge in [-0.15, -0.1) is 4.98 Å². The molecule has 1 saturated heterocycles. The fraction of sp³-hybridized carbons (Fsp3) is 0.727. The van der Waals surface area contributed by atoms with Crippen LogP contribution >= 0.6 is 0 Å². The van der Waals surface area contributed by atoms with Crippen molar-refractivity contribution in [3.63, 3.8) is 0 Å². The topological polar surface area (TPSA) is 86.4 Å². The second-order valence-corrected chi connectivity index (χ2v) is 4.19. The normalized spacial score (nSPS) is 19.7. The van der Waals surface area contributed by atoms with E-state index in [4.69, 9.17) is 15.2 Å². The molecular formula is C11H19N5O2. The Balaban J connectivity index is 2.29. The van der Waals surface area contributed by atoms with E-state index in [0.29, 0.717) is 12.5 Å². The molecule has 0 bridgehead atoms. The lowest BCUT2D eigenvalue weighted by Crippen LogP contribution is -2.45. The lowest BCUT2D eigenvalue weighted by molar-refractivity contribution is 0.337. The quantitative estimate of drug-likeness (QED) is 0.820. The molecule has 1 aliphatic heterocycles. The summed E-state index contributed by atoms with van der Waals surface area (Å²) in [5.41, 5.74) is 5.80. The van der Waals surface area contributed by atoms with Crippen LogP contribution in [-0.2, 0) is 0 Å². The largest absolute Gasteiger partial charge is 0.467 e. The standard InChI is InChI=1S/C11H19N5O2/c1-17-10-13-9(14-11(15-10)18-2)16-6-4-3-5-8(16)7-12/h8H,3-7,12H2,1-2H3. The first kappa shape index (κ1) is 12.8. The molecule has 1 aromatic rings. The second kappa shape index (κ2) is 5.81. The summed E-state index contributed by atoms with van der Waals surface area (Å²) in [6, 6.07) is 0.798. The number of aromatic nitrogens is 3. The van der Waals surface area contributed by atoms with Gasteiger partial charge >= 0.3 is 12.0 Å². The number of nitrogens with zero attached hydrogens (tertiary/aromatic N) is 4. The summed E-state index contributed by atoms with van der Waals surface area (Å²) < 4.78 is 10.1. The molecule has 2 rings (SSSR count). The molecule has 100 valence electrons. The smallest absolute Gasteiger partial charge is 0.324 e. The van der Waals surface area contributed by atoms with Crippen molar-refractivity contribution in [1.29, 1.82) is 0 Å². The van der Waals surface area contributed by atoms with E-state index in [9.17, 15) is 0 Å². The van der Waals surface area contributed by atoms with Gasteiger partial charge in [-0.2, -0.15) is 9.97 Å². The molecule has 0 saturated carbocycles. The fourth-order valence-corrected chi connectivity index (χ4v) is 2.15. The first-order chi connectivity index (χ1) is 8.78. The Morgan fingerprint density at radius 1 is 1.17 bits per heavy atom. The van der Waals surface area contributed by atoms with Crippen molar-refractivity contribution in [1.82, 2.24) is 15.0 Å². The zero-order chi connectivity index (χ0) is 13.0. The maximum atomic E-state index is 5.80. The van der Waals surface area contributed by atoms with Gasteiger partial charge in [0.15, 0.2) is 0 Å². The third-order valence-corrected chi connectivity index (χ3v) is 3.10. The first-order valence-electron chi connectivity index (χ1n) is 6.09. The van der Waals surface area contributed by atoms with Crippen LogP contribution in [0.4, 0.5) is 5.95 Å². The van der Waals surface area contributed by atoms with Crippen LogP contribution in [0.1, 0.15) is 19.3 Å². The molecule has 7 heteroatoms. The van der Waals surface area contributed by atoms with Crippen molar-refractivity contribution in [2.45, 2.75) is 25.3 Å². The number of rotatable bonds is 4. The molecule has 18 heavy (non-hydrogen) atoms. The number of hydrogen-bond donors (Lipinski definition) is 1. The summed E-state index contributed by atoms with van der Waals surface area (Å²) in [5, 5.41) is 0. The van der Waals surface area contributed by atoms with E-state index < -0.39 is 0 Å². The van der Waals surface area contributed by atoms with E-state index in [-0.39, 0.29) is 18.1 Å². The minimum atomic E-state index is 0.262. The second-order valence-electron chi connectivity index (χ2n) is 4.19. The van der Waals surface area contributed by atoms with Crippen LogP contribution in [0.25, 0.3) is 0 Å². The van der Waals surface area contributed by atoms with Crippen LogP contribution in [0.15, 0.2) is 0 Å². The van der Waals surface area contributed by atoms with E-state index >= 15 is 0 Å². The van der Waals surface area contributed by atoms with E-state index in [1.54, 1.807) is 0 Å². The van der Waals surface area contributed by atoms with Crippen LogP contribution in [-0.4, -0.2) is 48.3 Å². The Bertz CT molecular complexity index is 379. The van der Waals surface area contributed by atoms with Crippen LogP contribution < -0.4 is 20.1 Å². The molecule has 1 unspecified atom stereocenters. The summed E-state index contributed by atoms with van der Waals surface area (Å²) in [6.45, 7) is 1.49. The molecule has 0 aliphatic carbocycles. The van der Waals surface area contributed by atoms with E-state index in [1.165, 1.54) is 20.6 Å². The highest BCUT2D eigenvalue weighted by Gasteiger charge is 2.24. The Morgan fingerprint density at radius 3 is 2.39 bits per heavy atom. The van der Waals surface area contributed by atoms with Crippen molar-refractivity contribution >= 4 is 5.95 Å². The zero-order valence-corrected chi connectivity index (χ0v) is 10.8. The van der Waals surface area contributed by atoms with Crippen molar-refractivity contribution in [3.05, 3.63) is 0 Å². The summed E-state index contributed by atoms with van der Waals surface area (Å²) in [6.07, 6.45) is 3.37. The molecule has 0 amide bonds. The van der Waals surface area contributed by atoms with Crippen LogP contribution in [0, 0.1) is 0 Å². The molecular weight excluding hydrogens is 234 g/mol. The zero-order valence-electron chi connectivity index (χ0n) is 10.8. The van der Waals surface area contributed by atoms with Crippen LogP contribution in [0.2, 0.25) is 0 Å². The summed E-state index contributed by atoms with van der Waals surface area (Å²) in [4.78, 5) is 14.6. The number of methoxy groups -OCH3 is 2. The van der Waals surface area contributed by atoms with E-state index in [1.807, 2.05) is 0 Å². The summed E-state index contributed by atoms with van der Waals surface area (Å²) in [7, 11) is 3.05. The summed E-state index contributed by atoms with van der Waals surface area (Å²) in [5.74, 6) is 0.578. The maximum Gasteiger partial charge on any atom is 0.324 e. The molecule has 0 aromatic carbocycles. The molecule has 2 N–H and O–H groups in total. The van der Waals surface area contributed by atoms with Gasteiger partial charge < -0.3 is 20.1 Å². The van der Waals surface area contributed by atoms with E-state index in [0.717, 1.165) is 19.4 Å². The molecule has 0 spiro atoms. The maximum absolute atomic E-state index is 5.80. The summed E-state index contributed by atoms with van der Waals surface area (Å²) >= 11 is 0. The Morgan fingerprint density at radius 2 is 1.83 bits per heavy atom. The third-order valence-electron chi connectivity index (χ3n) is 3.10. The highest BCUT2D eigenvalue weighted by molar-refractivity contribution is 5.34. The lowest BCUT2D eigenvalue weighted by Gasteiger charge is -2.34. The average Bonchev–Trinajstić information content (AvgIpc) is 2.46. The molecule has 2 heterocycles. The van der Waals surface area contributed by atoms with Crippen molar-refractivity contribution in [2.24, 2.45) is 5.73 Å². The monoisotopic (exact) mass is 253 g/mol. The SMILES string of the molecule is COc1nc(OC)nc(N2CCCCC2CN)n1. The first-order valence-corrected chi connectivity index (χ1v) is 6.09. The van der Waals surface area contributed by atoms with Crippen molar-refractivity contribution < 1.29 is 9.47 Å². The van der Waals surface area contributed by atoms with Gasteiger partial charge in [0.05, 0.1) is 14.2 Å². The highest BCUT2D eigenvalue weighted by atomic mass is 16.5. The Labute approximate surface area is 106 Å². The van der Waals surface area contributed by atoms with Gasteiger partial charge in [-0.1, -0.05) is 0 Å². The van der Waals surface area contributed by atoms with Gasteiger partial charge in [-0.05, 0) is 19.3 Å². The van der Waals surface area contributed by atoms with E-state index in [2.05, 4.69) is 19.9 Å². The molecule has 1 fully saturated rings. The van der Waals surface area contributed by atoms with Gasteiger partial charge in [0, 0.05) is 19.1 Å². The Hall–Kier alpha value is -1.63. The number of anilines is 1. The number of hydrogen-bond acceptors (Lipinski definition) is 7. The fourth-order valence-electron chi connectivity index (χ4n) is 2.15. The molecule has 1 aromatic heterocycles. The predicted molar refractivity (Wildman–Crippen MR) is 67.0 cm³/mol. The molecule has 7 nitrogen and oxygen atoms in total. The molecule has 0 radical (unpaired) electrons. The molecule has 1 atom stereocenters. The van der Waals surface area contributed by atoms with Crippen LogP contribution in [0.5, 0.6) is 12.0 Å².